The number of alkyl halides is 1. The molecule has 10 heteroatoms. The molecule has 0 atom stereocenters. The standard InChI is InChI=1S/C32H36ClN3O6/c1-21(37)41-28-11-6-22(32(38)36-13-15-40-17-16-39-14-5-3-2-4-12-33)18-27(28)31-25-9-7-23(34)19-29(25)42-30-20-24(35)8-10-26(30)31/h6-11,18-20,34H,2-5,12-17,35H2,1H3,(H,36,38). The molecule has 0 unspecified atom stereocenters. The van der Waals surface area contributed by atoms with Gasteiger partial charge in [0.05, 0.1) is 25.2 Å². The number of carbonyl (C=O) groups is 2. The molecule has 9 nitrogen and oxygen atoms in total. The molecule has 0 aromatic heterocycles. The number of rotatable bonds is 15. The van der Waals surface area contributed by atoms with Crippen LogP contribution >= 0.6 is 11.6 Å². The van der Waals surface area contributed by atoms with E-state index in [1.54, 1.807) is 48.5 Å². The summed E-state index contributed by atoms with van der Waals surface area (Å²) in [7, 11) is 0. The van der Waals surface area contributed by atoms with E-state index in [1.807, 2.05) is 6.07 Å². The Labute approximate surface area is 249 Å². The predicted octanol–water partition coefficient (Wildman–Crippen LogP) is 5.75. The lowest BCUT2D eigenvalue weighted by molar-refractivity contribution is -0.131. The second kappa shape index (κ2) is 15.3. The van der Waals surface area contributed by atoms with Crippen molar-refractivity contribution >= 4 is 40.1 Å². The van der Waals surface area contributed by atoms with Crippen LogP contribution in [0.25, 0.3) is 33.4 Å². The summed E-state index contributed by atoms with van der Waals surface area (Å²) in [4.78, 5) is 25.1. The van der Waals surface area contributed by atoms with Crippen molar-refractivity contribution in [2.75, 3.05) is 44.6 Å². The lowest BCUT2D eigenvalue weighted by atomic mass is 9.92. The summed E-state index contributed by atoms with van der Waals surface area (Å²) in [6, 6.07) is 15.2. The fourth-order valence-corrected chi connectivity index (χ4v) is 4.81. The second-order valence-corrected chi connectivity index (χ2v) is 10.2. The largest absolute Gasteiger partial charge is 0.456 e. The first-order chi connectivity index (χ1) is 20.4. The van der Waals surface area contributed by atoms with Crippen molar-refractivity contribution in [1.29, 1.82) is 5.41 Å². The molecular formula is C32H36ClN3O6. The average Bonchev–Trinajstić information content (AvgIpc) is 2.96. The number of fused-ring (bicyclic) bond motifs is 2. The lowest BCUT2D eigenvalue weighted by Crippen LogP contribution is -2.27. The monoisotopic (exact) mass is 593 g/mol. The topological polar surface area (TPSA) is 137 Å². The SMILES string of the molecule is CC(=O)Oc1ccc(C(=O)NCCOCCOCCCCCCCl)cc1-c1c2ccc(=N)cc-2oc2cc(N)ccc12. The zero-order chi connectivity index (χ0) is 29.9. The molecule has 1 aliphatic carbocycles. The van der Waals surface area contributed by atoms with Crippen LogP contribution in [0, 0.1) is 5.41 Å². The smallest absolute Gasteiger partial charge is 0.308 e. The molecule has 0 spiro atoms. The van der Waals surface area contributed by atoms with Crippen molar-refractivity contribution in [2.24, 2.45) is 0 Å². The third kappa shape index (κ3) is 8.31. The molecule has 42 heavy (non-hydrogen) atoms. The minimum atomic E-state index is -0.493. The number of unbranched alkanes of at least 4 members (excludes halogenated alkanes) is 3. The zero-order valence-electron chi connectivity index (χ0n) is 23.7. The number of carbonyl (C=O) groups excluding carboxylic acids is 2. The van der Waals surface area contributed by atoms with Gasteiger partial charge in [-0.05, 0) is 55.3 Å². The van der Waals surface area contributed by atoms with Gasteiger partial charge in [0, 0.05) is 71.4 Å². The number of esters is 1. The van der Waals surface area contributed by atoms with E-state index in [2.05, 4.69) is 5.32 Å². The number of hydrogen-bond acceptors (Lipinski definition) is 8. The second-order valence-electron chi connectivity index (χ2n) is 9.83. The summed E-state index contributed by atoms with van der Waals surface area (Å²) < 4.78 is 22.8. The summed E-state index contributed by atoms with van der Waals surface area (Å²) in [5.74, 6) is 0.671. The lowest BCUT2D eigenvalue weighted by Gasteiger charge is -2.18. The van der Waals surface area contributed by atoms with Crippen LogP contribution in [0.2, 0.25) is 0 Å². The minimum absolute atomic E-state index is 0.278. The van der Waals surface area contributed by atoms with Crippen LogP contribution in [0.4, 0.5) is 5.69 Å². The number of anilines is 1. The van der Waals surface area contributed by atoms with E-state index in [9.17, 15) is 9.59 Å². The van der Waals surface area contributed by atoms with Crippen molar-refractivity contribution in [2.45, 2.75) is 32.6 Å². The number of nitrogen functional groups attached to an aromatic ring is 1. The molecule has 1 amide bonds. The van der Waals surface area contributed by atoms with Crippen LogP contribution in [0.3, 0.4) is 0 Å². The first-order valence-corrected chi connectivity index (χ1v) is 14.5. The molecule has 0 saturated carbocycles. The molecule has 2 aromatic rings. The first kappa shape index (κ1) is 31.0. The van der Waals surface area contributed by atoms with Crippen LogP contribution in [0.1, 0.15) is 43.0 Å². The fraction of sp³-hybridized carbons (Fsp3) is 0.344. The Morgan fingerprint density at radius 1 is 0.905 bits per heavy atom. The quantitative estimate of drug-likeness (QED) is 0.0398. The van der Waals surface area contributed by atoms with Gasteiger partial charge in [-0.2, -0.15) is 0 Å². The molecule has 0 radical (unpaired) electrons. The average molecular weight is 594 g/mol. The van der Waals surface area contributed by atoms with Crippen LogP contribution in [0.5, 0.6) is 5.75 Å². The number of nitrogens with one attached hydrogen (secondary N) is 2. The van der Waals surface area contributed by atoms with E-state index in [0.717, 1.165) is 25.7 Å². The molecule has 4 rings (SSSR count). The van der Waals surface area contributed by atoms with E-state index in [4.69, 9.17) is 41.4 Å². The normalized spacial score (nSPS) is 11.2. The van der Waals surface area contributed by atoms with E-state index in [1.165, 1.54) is 6.92 Å². The molecule has 0 fully saturated rings. The Morgan fingerprint density at radius 2 is 1.69 bits per heavy atom. The third-order valence-corrected chi connectivity index (χ3v) is 6.85. The van der Waals surface area contributed by atoms with Gasteiger partial charge in [0.15, 0.2) is 0 Å². The Balaban J connectivity index is 1.48. The molecule has 2 aromatic carbocycles. The van der Waals surface area contributed by atoms with Gasteiger partial charge in [-0.25, -0.2) is 0 Å². The molecule has 222 valence electrons. The summed E-state index contributed by atoms with van der Waals surface area (Å²) in [5.41, 5.74) is 9.34. The maximum Gasteiger partial charge on any atom is 0.308 e. The van der Waals surface area contributed by atoms with E-state index in [-0.39, 0.29) is 11.3 Å². The van der Waals surface area contributed by atoms with Crippen LogP contribution in [-0.2, 0) is 14.3 Å². The highest BCUT2D eigenvalue weighted by Crippen LogP contribution is 2.44. The molecule has 0 saturated heterocycles. The summed E-state index contributed by atoms with van der Waals surface area (Å²) in [6.07, 6.45) is 4.27. The van der Waals surface area contributed by atoms with E-state index >= 15 is 0 Å². The number of halogens is 1. The van der Waals surface area contributed by atoms with Crippen LogP contribution in [0.15, 0.2) is 59.0 Å². The number of hydrogen-bond donors (Lipinski definition) is 3. The summed E-state index contributed by atoms with van der Waals surface area (Å²) >= 11 is 5.68. The maximum atomic E-state index is 13.1. The molecule has 1 heterocycles. The van der Waals surface area contributed by atoms with Gasteiger partial charge in [0.25, 0.3) is 5.91 Å². The summed E-state index contributed by atoms with van der Waals surface area (Å²) in [5, 5.41) is 11.9. The fourth-order valence-electron chi connectivity index (χ4n) is 4.62. The molecular weight excluding hydrogens is 558 g/mol. The summed E-state index contributed by atoms with van der Waals surface area (Å²) in [6.45, 7) is 3.63. The molecule has 4 N–H and O–H groups in total. The van der Waals surface area contributed by atoms with E-state index in [0.29, 0.717) is 89.3 Å². The predicted molar refractivity (Wildman–Crippen MR) is 163 cm³/mol. The van der Waals surface area contributed by atoms with Gasteiger partial charge in [-0.1, -0.05) is 12.8 Å². The van der Waals surface area contributed by atoms with Gasteiger partial charge >= 0.3 is 5.97 Å². The molecule has 2 aliphatic rings. The third-order valence-electron chi connectivity index (χ3n) is 6.59. The van der Waals surface area contributed by atoms with Gasteiger partial charge in [-0.3, -0.25) is 9.59 Å². The number of nitrogens with two attached hydrogens (primary N) is 1. The van der Waals surface area contributed by atoms with Crippen LogP contribution < -0.4 is 21.1 Å². The minimum Gasteiger partial charge on any atom is -0.456 e. The Kier molecular flexibility index (Phi) is 11.3. The van der Waals surface area contributed by atoms with Crippen molar-refractivity contribution < 1.29 is 28.2 Å². The van der Waals surface area contributed by atoms with Gasteiger partial charge in [-0.15, -0.1) is 11.6 Å². The number of benzene rings is 3. The van der Waals surface area contributed by atoms with Gasteiger partial charge in [0.2, 0.25) is 0 Å². The maximum absolute atomic E-state index is 13.1. The highest BCUT2D eigenvalue weighted by Gasteiger charge is 2.22. The van der Waals surface area contributed by atoms with Gasteiger partial charge in [0.1, 0.15) is 17.1 Å². The van der Waals surface area contributed by atoms with Crippen molar-refractivity contribution in [1.82, 2.24) is 5.32 Å². The highest BCUT2D eigenvalue weighted by atomic mass is 35.5. The Bertz CT molecular complexity index is 1550. The zero-order valence-corrected chi connectivity index (χ0v) is 24.4. The molecule has 1 aliphatic heterocycles. The van der Waals surface area contributed by atoms with Gasteiger partial charge < -0.3 is 35.1 Å². The number of amides is 1. The first-order valence-electron chi connectivity index (χ1n) is 14.0. The van der Waals surface area contributed by atoms with Crippen molar-refractivity contribution in [3.63, 3.8) is 0 Å². The Morgan fingerprint density at radius 3 is 2.48 bits per heavy atom. The van der Waals surface area contributed by atoms with Crippen LogP contribution in [-0.4, -0.2) is 50.7 Å². The Hall–Kier alpha value is -3.92. The number of ether oxygens (including phenoxy) is 3. The van der Waals surface area contributed by atoms with E-state index < -0.39 is 5.97 Å². The van der Waals surface area contributed by atoms with Crippen molar-refractivity contribution in [3.05, 3.63) is 65.5 Å². The highest BCUT2D eigenvalue weighted by molar-refractivity contribution is 6.17. The van der Waals surface area contributed by atoms with Crippen molar-refractivity contribution in [3.8, 4) is 28.2 Å². The molecule has 0 bridgehead atoms.